The highest BCUT2D eigenvalue weighted by Gasteiger charge is 2.04. The topological polar surface area (TPSA) is 6.48 Å². The van der Waals surface area contributed by atoms with Gasteiger partial charge in [-0.15, -0.1) is 0 Å². The van der Waals surface area contributed by atoms with E-state index in [4.69, 9.17) is 0 Å². The zero-order chi connectivity index (χ0) is 16.1. The summed E-state index contributed by atoms with van der Waals surface area (Å²) in [6, 6.07) is 7.24. The predicted molar refractivity (Wildman–Crippen MR) is 88.6 cm³/mol. The minimum absolute atomic E-state index is 0.158. The fourth-order valence-corrected chi connectivity index (χ4v) is 1.11. The number of hydrogen-bond acceptors (Lipinski definition) is 2. The molecule has 0 aromatic heterocycles. The Morgan fingerprint density at radius 2 is 1.60 bits per heavy atom. The van der Waals surface area contributed by atoms with Gasteiger partial charge in [-0.3, -0.25) is 4.90 Å². The molecule has 1 aromatic rings. The van der Waals surface area contributed by atoms with E-state index in [-0.39, 0.29) is 5.82 Å². The van der Waals surface area contributed by atoms with Gasteiger partial charge in [0.25, 0.3) is 0 Å². The van der Waals surface area contributed by atoms with Crippen molar-refractivity contribution in [3.63, 3.8) is 0 Å². The third kappa shape index (κ3) is 12.1. The second-order valence-electron chi connectivity index (χ2n) is 5.03. The minimum Gasteiger partial charge on any atom is -0.310 e. The van der Waals surface area contributed by atoms with Gasteiger partial charge in [0.1, 0.15) is 5.82 Å². The van der Waals surface area contributed by atoms with Crippen molar-refractivity contribution < 1.29 is 4.39 Å². The number of hydrogen-bond donors (Lipinski definition) is 0. The van der Waals surface area contributed by atoms with Gasteiger partial charge in [0.15, 0.2) is 0 Å². The van der Waals surface area contributed by atoms with Crippen LogP contribution in [0.2, 0.25) is 0 Å². The van der Waals surface area contributed by atoms with E-state index in [1.807, 2.05) is 27.0 Å². The predicted octanol–water partition coefficient (Wildman–Crippen LogP) is 4.26. The van der Waals surface area contributed by atoms with Crippen molar-refractivity contribution in [3.05, 3.63) is 35.6 Å². The number of benzene rings is 1. The van der Waals surface area contributed by atoms with Gasteiger partial charge < -0.3 is 4.90 Å². The van der Waals surface area contributed by atoms with Crippen LogP contribution in [0.25, 0.3) is 0 Å². The molecule has 0 fully saturated rings. The van der Waals surface area contributed by atoms with Crippen molar-refractivity contribution >= 4 is 0 Å². The molecule has 0 aliphatic carbocycles. The molecule has 118 valence electrons. The summed E-state index contributed by atoms with van der Waals surface area (Å²) >= 11 is 0. The molecule has 0 radical (unpaired) electrons. The average Bonchev–Trinajstić information content (AvgIpc) is 2.41. The van der Waals surface area contributed by atoms with Crippen LogP contribution in [-0.4, -0.2) is 43.5 Å². The minimum atomic E-state index is -0.158. The van der Waals surface area contributed by atoms with Gasteiger partial charge in [0, 0.05) is 12.6 Å². The highest BCUT2D eigenvalue weighted by atomic mass is 19.1. The van der Waals surface area contributed by atoms with Gasteiger partial charge in [-0.2, -0.15) is 0 Å². The summed E-state index contributed by atoms with van der Waals surface area (Å²) in [4.78, 5) is 4.30. The van der Waals surface area contributed by atoms with Crippen molar-refractivity contribution in [2.45, 2.75) is 47.2 Å². The van der Waals surface area contributed by atoms with Crippen LogP contribution in [0.4, 0.5) is 4.39 Å². The molecule has 0 saturated heterocycles. The van der Waals surface area contributed by atoms with E-state index in [1.54, 1.807) is 12.1 Å². The fraction of sp³-hybridized carbons (Fsp3) is 0.647. The van der Waals surface area contributed by atoms with E-state index in [0.29, 0.717) is 6.04 Å². The van der Waals surface area contributed by atoms with Gasteiger partial charge in [-0.05, 0) is 59.2 Å². The van der Waals surface area contributed by atoms with Crippen LogP contribution in [-0.2, 0) is 6.54 Å². The number of halogens is 1. The standard InChI is InChI=1S/C11H16FN.C4H11N.C2H6/c1-9(2)13(3)8-10-5-4-6-11(12)7-10;1-4-5(2)3;1-2/h4-7,9H,8H2,1-3H3;4H2,1-3H3;1-2H3. The van der Waals surface area contributed by atoms with E-state index in [9.17, 15) is 4.39 Å². The summed E-state index contributed by atoms with van der Waals surface area (Å²) in [7, 11) is 6.15. The lowest BCUT2D eigenvalue weighted by Crippen LogP contribution is -2.25. The van der Waals surface area contributed by atoms with Crippen LogP contribution >= 0.6 is 0 Å². The van der Waals surface area contributed by atoms with Gasteiger partial charge in [-0.1, -0.05) is 32.9 Å². The molecular formula is C17H33FN2. The zero-order valence-electron chi connectivity index (χ0n) is 14.6. The second kappa shape index (κ2) is 13.1. The van der Waals surface area contributed by atoms with E-state index < -0.39 is 0 Å². The quantitative estimate of drug-likeness (QED) is 0.815. The fourth-order valence-electron chi connectivity index (χ4n) is 1.11. The summed E-state index contributed by atoms with van der Waals surface area (Å²) in [5, 5.41) is 0. The summed E-state index contributed by atoms with van der Waals surface area (Å²) in [5.74, 6) is -0.158. The maximum atomic E-state index is 12.8. The first kappa shape index (κ1) is 21.4. The Bertz CT molecular complexity index is 325. The Labute approximate surface area is 125 Å². The smallest absolute Gasteiger partial charge is 0.123 e. The molecule has 1 aromatic carbocycles. The maximum absolute atomic E-state index is 12.8. The average molecular weight is 284 g/mol. The van der Waals surface area contributed by atoms with Crippen LogP contribution in [0, 0.1) is 5.82 Å². The molecule has 3 heteroatoms. The van der Waals surface area contributed by atoms with Crippen molar-refractivity contribution in [1.82, 2.24) is 9.80 Å². The summed E-state index contributed by atoms with van der Waals surface area (Å²) in [6.45, 7) is 12.3. The monoisotopic (exact) mass is 284 g/mol. The molecule has 1 rings (SSSR count). The first-order chi connectivity index (χ1) is 9.36. The van der Waals surface area contributed by atoms with Gasteiger partial charge in [-0.25, -0.2) is 4.39 Å². The van der Waals surface area contributed by atoms with E-state index in [2.05, 4.69) is 44.7 Å². The van der Waals surface area contributed by atoms with E-state index in [1.165, 1.54) is 6.07 Å². The summed E-state index contributed by atoms with van der Waals surface area (Å²) in [5.41, 5.74) is 1.02. The van der Waals surface area contributed by atoms with Crippen molar-refractivity contribution in [3.8, 4) is 0 Å². The third-order valence-electron chi connectivity index (χ3n) is 2.84. The normalized spacial score (nSPS) is 10.0. The molecule has 0 bridgehead atoms. The van der Waals surface area contributed by atoms with E-state index in [0.717, 1.165) is 18.7 Å². The Kier molecular flexibility index (Phi) is 14.0. The molecular weight excluding hydrogens is 251 g/mol. The molecule has 0 N–H and O–H groups in total. The highest BCUT2D eigenvalue weighted by Crippen LogP contribution is 2.07. The largest absolute Gasteiger partial charge is 0.310 e. The maximum Gasteiger partial charge on any atom is 0.123 e. The van der Waals surface area contributed by atoms with Crippen LogP contribution in [0.3, 0.4) is 0 Å². The van der Waals surface area contributed by atoms with Crippen molar-refractivity contribution in [2.75, 3.05) is 27.7 Å². The van der Waals surface area contributed by atoms with Crippen molar-refractivity contribution in [1.29, 1.82) is 0 Å². The first-order valence-corrected chi connectivity index (χ1v) is 7.46. The lowest BCUT2D eigenvalue weighted by atomic mass is 10.2. The molecule has 0 amide bonds. The SMILES string of the molecule is CC.CC(C)N(C)Cc1cccc(F)c1.CCN(C)C. The molecule has 0 unspecified atom stereocenters. The molecule has 0 aliphatic rings. The molecule has 0 aliphatic heterocycles. The van der Waals surface area contributed by atoms with Crippen LogP contribution in [0.1, 0.15) is 40.2 Å². The molecule has 0 saturated carbocycles. The second-order valence-corrected chi connectivity index (χ2v) is 5.03. The highest BCUT2D eigenvalue weighted by molar-refractivity contribution is 5.16. The van der Waals surface area contributed by atoms with Gasteiger partial charge in [0.05, 0.1) is 0 Å². The Balaban J connectivity index is 0. The first-order valence-electron chi connectivity index (χ1n) is 7.46. The third-order valence-corrected chi connectivity index (χ3v) is 2.84. The van der Waals surface area contributed by atoms with Crippen molar-refractivity contribution in [2.24, 2.45) is 0 Å². The van der Waals surface area contributed by atoms with Crippen LogP contribution < -0.4 is 0 Å². The molecule has 20 heavy (non-hydrogen) atoms. The molecule has 0 spiro atoms. The van der Waals surface area contributed by atoms with Gasteiger partial charge >= 0.3 is 0 Å². The Morgan fingerprint density at radius 1 is 1.10 bits per heavy atom. The Hall–Kier alpha value is -0.930. The molecule has 2 nitrogen and oxygen atoms in total. The van der Waals surface area contributed by atoms with Crippen LogP contribution in [0.15, 0.2) is 24.3 Å². The van der Waals surface area contributed by atoms with E-state index >= 15 is 0 Å². The molecule has 0 heterocycles. The number of rotatable bonds is 4. The van der Waals surface area contributed by atoms with Gasteiger partial charge in [0.2, 0.25) is 0 Å². The summed E-state index contributed by atoms with van der Waals surface area (Å²) in [6.07, 6.45) is 0. The Morgan fingerprint density at radius 3 is 1.95 bits per heavy atom. The number of nitrogens with zero attached hydrogens (tertiary/aromatic N) is 2. The zero-order valence-corrected chi connectivity index (χ0v) is 14.6. The lowest BCUT2D eigenvalue weighted by Gasteiger charge is -2.20. The summed E-state index contributed by atoms with van der Waals surface area (Å²) < 4.78 is 12.8. The lowest BCUT2D eigenvalue weighted by molar-refractivity contribution is 0.265. The molecule has 0 atom stereocenters. The van der Waals surface area contributed by atoms with Crippen LogP contribution in [0.5, 0.6) is 0 Å².